The molecule has 0 aromatic heterocycles. The van der Waals surface area contributed by atoms with E-state index in [0.717, 1.165) is 13.1 Å². The third kappa shape index (κ3) is 2.14. The molecular formula is C10H18N2O3. The standard InChI is InChI=1S/C10H18N2O3/c1-7-6-15-9(5-13)4-12(7)10(14)8-2-11-3-8/h7-9,11,13H,2-6H2,1H3. The zero-order valence-electron chi connectivity index (χ0n) is 8.98. The number of aliphatic hydroxyl groups is 1. The Morgan fingerprint density at radius 1 is 1.60 bits per heavy atom. The number of carbonyl (C=O) groups is 1. The van der Waals surface area contributed by atoms with Gasteiger partial charge in [-0.2, -0.15) is 0 Å². The quantitative estimate of drug-likeness (QED) is 0.607. The van der Waals surface area contributed by atoms with Crippen molar-refractivity contribution in [3.05, 3.63) is 0 Å². The van der Waals surface area contributed by atoms with Gasteiger partial charge in [0.2, 0.25) is 5.91 Å². The van der Waals surface area contributed by atoms with E-state index in [-0.39, 0.29) is 30.6 Å². The molecule has 15 heavy (non-hydrogen) atoms. The van der Waals surface area contributed by atoms with E-state index in [9.17, 15) is 4.79 Å². The highest BCUT2D eigenvalue weighted by molar-refractivity contribution is 5.80. The lowest BCUT2D eigenvalue weighted by atomic mass is 10.00. The fraction of sp³-hybridized carbons (Fsp3) is 0.900. The van der Waals surface area contributed by atoms with E-state index in [2.05, 4.69) is 5.32 Å². The molecule has 2 unspecified atom stereocenters. The van der Waals surface area contributed by atoms with Crippen molar-refractivity contribution in [3.63, 3.8) is 0 Å². The topological polar surface area (TPSA) is 61.8 Å². The summed E-state index contributed by atoms with van der Waals surface area (Å²) in [6.07, 6.45) is -0.210. The molecule has 0 radical (unpaired) electrons. The van der Waals surface area contributed by atoms with Crippen LogP contribution < -0.4 is 5.32 Å². The van der Waals surface area contributed by atoms with Crippen LogP contribution in [0.1, 0.15) is 6.92 Å². The molecule has 0 spiro atoms. The first-order valence-electron chi connectivity index (χ1n) is 5.46. The van der Waals surface area contributed by atoms with Crippen LogP contribution in [-0.4, -0.2) is 60.9 Å². The van der Waals surface area contributed by atoms with Crippen LogP contribution in [0.5, 0.6) is 0 Å². The minimum Gasteiger partial charge on any atom is -0.394 e. The third-order valence-corrected chi connectivity index (χ3v) is 3.12. The Balaban J connectivity index is 1.95. The number of hydrogen-bond acceptors (Lipinski definition) is 4. The smallest absolute Gasteiger partial charge is 0.228 e. The molecule has 1 amide bonds. The van der Waals surface area contributed by atoms with Crippen molar-refractivity contribution in [2.45, 2.75) is 19.1 Å². The molecule has 0 bridgehead atoms. The second kappa shape index (κ2) is 4.47. The van der Waals surface area contributed by atoms with E-state index in [1.807, 2.05) is 11.8 Å². The molecule has 2 N–H and O–H groups in total. The van der Waals surface area contributed by atoms with Gasteiger partial charge in [0.15, 0.2) is 0 Å². The number of aliphatic hydroxyl groups excluding tert-OH is 1. The minimum atomic E-state index is -0.210. The predicted molar refractivity (Wildman–Crippen MR) is 54.4 cm³/mol. The first-order chi connectivity index (χ1) is 7.22. The fourth-order valence-electron chi connectivity index (χ4n) is 1.93. The van der Waals surface area contributed by atoms with Gasteiger partial charge in [0.1, 0.15) is 0 Å². The molecule has 0 aromatic carbocycles. The fourth-order valence-corrected chi connectivity index (χ4v) is 1.93. The van der Waals surface area contributed by atoms with Gasteiger partial charge in [0, 0.05) is 19.6 Å². The zero-order chi connectivity index (χ0) is 10.8. The van der Waals surface area contributed by atoms with Crippen LogP contribution in [0.25, 0.3) is 0 Å². The van der Waals surface area contributed by atoms with Crippen LogP contribution in [0.2, 0.25) is 0 Å². The molecule has 2 atom stereocenters. The van der Waals surface area contributed by atoms with Gasteiger partial charge < -0.3 is 20.1 Å². The highest BCUT2D eigenvalue weighted by atomic mass is 16.5. The van der Waals surface area contributed by atoms with Crippen molar-refractivity contribution >= 4 is 5.91 Å². The largest absolute Gasteiger partial charge is 0.394 e. The highest BCUT2D eigenvalue weighted by Crippen LogP contribution is 2.16. The van der Waals surface area contributed by atoms with E-state index in [1.165, 1.54) is 0 Å². The van der Waals surface area contributed by atoms with Crippen molar-refractivity contribution in [1.29, 1.82) is 0 Å². The van der Waals surface area contributed by atoms with E-state index >= 15 is 0 Å². The van der Waals surface area contributed by atoms with Crippen LogP contribution in [0.4, 0.5) is 0 Å². The van der Waals surface area contributed by atoms with Gasteiger partial charge >= 0.3 is 0 Å². The molecule has 0 saturated carbocycles. The lowest BCUT2D eigenvalue weighted by Gasteiger charge is -2.41. The summed E-state index contributed by atoms with van der Waals surface area (Å²) in [4.78, 5) is 13.8. The summed E-state index contributed by atoms with van der Waals surface area (Å²) in [5.41, 5.74) is 0. The lowest BCUT2D eigenvalue weighted by molar-refractivity contribution is -0.151. The van der Waals surface area contributed by atoms with Gasteiger partial charge in [-0.3, -0.25) is 4.79 Å². The van der Waals surface area contributed by atoms with Crippen molar-refractivity contribution in [3.8, 4) is 0 Å². The normalized spacial score (nSPS) is 32.5. The monoisotopic (exact) mass is 214 g/mol. The van der Waals surface area contributed by atoms with Crippen LogP contribution in [-0.2, 0) is 9.53 Å². The summed E-state index contributed by atoms with van der Waals surface area (Å²) >= 11 is 0. The maximum atomic E-state index is 12.0. The highest BCUT2D eigenvalue weighted by Gasteiger charge is 2.35. The molecule has 2 aliphatic rings. The average molecular weight is 214 g/mol. The van der Waals surface area contributed by atoms with E-state index in [4.69, 9.17) is 9.84 Å². The molecule has 2 heterocycles. The molecule has 2 saturated heterocycles. The van der Waals surface area contributed by atoms with Gasteiger partial charge in [-0.05, 0) is 6.92 Å². The maximum absolute atomic E-state index is 12.0. The molecule has 0 aromatic rings. The van der Waals surface area contributed by atoms with Crippen molar-refractivity contribution in [2.75, 3.05) is 32.8 Å². The van der Waals surface area contributed by atoms with Crippen LogP contribution in [0.15, 0.2) is 0 Å². The second-order valence-electron chi connectivity index (χ2n) is 4.33. The number of nitrogens with zero attached hydrogens (tertiary/aromatic N) is 1. The van der Waals surface area contributed by atoms with Crippen LogP contribution in [0.3, 0.4) is 0 Å². The summed E-state index contributed by atoms with van der Waals surface area (Å²) in [6, 6.07) is 0.126. The number of amides is 1. The molecule has 0 aliphatic carbocycles. The van der Waals surface area contributed by atoms with Gasteiger partial charge in [0.25, 0.3) is 0 Å². The predicted octanol–water partition coefficient (Wildman–Crippen LogP) is -1.19. The minimum absolute atomic E-state index is 0.0145. The number of ether oxygens (including phenoxy) is 1. The van der Waals surface area contributed by atoms with Gasteiger partial charge in [-0.15, -0.1) is 0 Å². The average Bonchev–Trinajstić information content (AvgIpc) is 2.15. The SMILES string of the molecule is CC1COC(CO)CN1C(=O)C1CNC1. The van der Waals surface area contributed by atoms with Crippen molar-refractivity contribution in [1.82, 2.24) is 10.2 Å². The summed E-state index contributed by atoms with van der Waals surface area (Å²) < 4.78 is 5.39. The Kier molecular flexibility index (Phi) is 3.23. The molecule has 5 nitrogen and oxygen atoms in total. The molecule has 2 aliphatic heterocycles. The molecular weight excluding hydrogens is 196 g/mol. The summed E-state index contributed by atoms with van der Waals surface area (Å²) in [6.45, 7) is 4.58. The Hall–Kier alpha value is -0.650. The third-order valence-electron chi connectivity index (χ3n) is 3.12. The van der Waals surface area contributed by atoms with Gasteiger partial charge in [-0.1, -0.05) is 0 Å². The van der Waals surface area contributed by atoms with E-state index in [0.29, 0.717) is 13.2 Å². The van der Waals surface area contributed by atoms with E-state index < -0.39 is 0 Å². The Labute approximate surface area is 89.4 Å². The number of morpholine rings is 1. The van der Waals surface area contributed by atoms with Gasteiger partial charge in [-0.25, -0.2) is 0 Å². The Bertz CT molecular complexity index is 243. The Morgan fingerprint density at radius 3 is 2.87 bits per heavy atom. The summed E-state index contributed by atoms with van der Waals surface area (Å²) in [7, 11) is 0. The first kappa shape index (κ1) is 10.9. The number of nitrogens with one attached hydrogen (secondary N) is 1. The van der Waals surface area contributed by atoms with E-state index in [1.54, 1.807) is 0 Å². The second-order valence-corrected chi connectivity index (χ2v) is 4.33. The summed E-state index contributed by atoms with van der Waals surface area (Å²) in [5.74, 6) is 0.327. The summed E-state index contributed by atoms with van der Waals surface area (Å²) in [5, 5.41) is 12.1. The molecule has 5 heteroatoms. The number of carbonyl (C=O) groups excluding carboxylic acids is 1. The van der Waals surface area contributed by atoms with Crippen LogP contribution >= 0.6 is 0 Å². The Morgan fingerprint density at radius 2 is 2.33 bits per heavy atom. The first-order valence-corrected chi connectivity index (χ1v) is 5.46. The van der Waals surface area contributed by atoms with Crippen molar-refractivity contribution < 1.29 is 14.6 Å². The number of hydrogen-bond donors (Lipinski definition) is 2. The number of rotatable bonds is 2. The van der Waals surface area contributed by atoms with Crippen molar-refractivity contribution in [2.24, 2.45) is 5.92 Å². The molecule has 86 valence electrons. The lowest BCUT2D eigenvalue weighted by Crippen LogP contribution is -2.58. The maximum Gasteiger partial charge on any atom is 0.228 e. The molecule has 2 rings (SSSR count). The zero-order valence-corrected chi connectivity index (χ0v) is 8.98. The molecule has 2 fully saturated rings. The van der Waals surface area contributed by atoms with Crippen LogP contribution in [0, 0.1) is 5.92 Å². The van der Waals surface area contributed by atoms with Gasteiger partial charge in [0.05, 0.1) is 31.3 Å².